The average Bonchev–Trinajstić information content (AvgIpc) is 2.53. The number of rotatable bonds is 6. The van der Waals surface area contributed by atoms with Gasteiger partial charge in [-0.1, -0.05) is 15.9 Å². The SMILES string of the molecule is COc1ccc(Br)cc1/C=C/C(=O)c1ccc(OC(F)F)cc1. The maximum Gasteiger partial charge on any atom is 0.387 e. The molecule has 0 unspecified atom stereocenters. The van der Waals surface area contributed by atoms with Crippen molar-refractivity contribution in [1.82, 2.24) is 0 Å². The molecule has 0 N–H and O–H groups in total. The minimum absolute atomic E-state index is 0.00851. The fraction of sp³-hybridized carbons (Fsp3) is 0.118. The summed E-state index contributed by atoms with van der Waals surface area (Å²) in [5.74, 6) is 0.391. The third-order valence-corrected chi connectivity index (χ3v) is 3.46. The Hall–Kier alpha value is -2.21. The van der Waals surface area contributed by atoms with Crippen molar-refractivity contribution in [3.05, 3.63) is 64.1 Å². The van der Waals surface area contributed by atoms with Gasteiger partial charge in [0.2, 0.25) is 0 Å². The Morgan fingerprint density at radius 1 is 1.17 bits per heavy atom. The van der Waals surface area contributed by atoms with Gasteiger partial charge in [-0.2, -0.15) is 8.78 Å². The summed E-state index contributed by atoms with van der Waals surface area (Å²) in [5, 5.41) is 0. The molecule has 0 radical (unpaired) electrons. The molecule has 0 bridgehead atoms. The van der Waals surface area contributed by atoms with Crippen molar-refractivity contribution in [2.24, 2.45) is 0 Å². The minimum atomic E-state index is -2.89. The van der Waals surface area contributed by atoms with Crippen LogP contribution in [0.25, 0.3) is 6.08 Å². The third-order valence-electron chi connectivity index (χ3n) is 2.97. The first kappa shape index (κ1) is 17.1. The van der Waals surface area contributed by atoms with Crippen LogP contribution in [-0.4, -0.2) is 19.5 Å². The number of allylic oxidation sites excluding steroid dienone is 1. The number of hydrogen-bond donors (Lipinski definition) is 0. The van der Waals surface area contributed by atoms with Gasteiger partial charge >= 0.3 is 6.61 Å². The third kappa shape index (κ3) is 4.89. The molecule has 2 aromatic carbocycles. The predicted octanol–water partition coefficient (Wildman–Crippen LogP) is 4.96. The van der Waals surface area contributed by atoms with Crippen LogP contribution in [0.2, 0.25) is 0 Å². The number of carbonyl (C=O) groups is 1. The molecule has 0 aromatic heterocycles. The van der Waals surface area contributed by atoms with Crippen LogP contribution < -0.4 is 9.47 Å². The first-order chi connectivity index (χ1) is 11.0. The largest absolute Gasteiger partial charge is 0.496 e. The summed E-state index contributed by atoms with van der Waals surface area (Å²) in [6.45, 7) is -2.89. The number of ketones is 1. The second-order valence-electron chi connectivity index (χ2n) is 4.49. The van der Waals surface area contributed by atoms with Gasteiger partial charge in [-0.3, -0.25) is 4.79 Å². The number of hydrogen-bond acceptors (Lipinski definition) is 3. The highest BCUT2D eigenvalue weighted by molar-refractivity contribution is 9.10. The van der Waals surface area contributed by atoms with Gasteiger partial charge in [0.15, 0.2) is 5.78 Å². The summed E-state index contributed by atoms with van der Waals surface area (Å²) in [7, 11) is 1.55. The summed E-state index contributed by atoms with van der Waals surface area (Å²) in [5.41, 5.74) is 1.12. The van der Waals surface area contributed by atoms with Crippen LogP contribution in [-0.2, 0) is 0 Å². The quantitative estimate of drug-likeness (QED) is 0.523. The van der Waals surface area contributed by atoms with Gasteiger partial charge in [0.1, 0.15) is 11.5 Å². The summed E-state index contributed by atoms with van der Waals surface area (Å²) < 4.78 is 34.5. The van der Waals surface area contributed by atoms with Crippen LogP contribution in [0, 0.1) is 0 Å². The van der Waals surface area contributed by atoms with Crippen molar-refractivity contribution in [2.45, 2.75) is 6.61 Å². The van der Waals surface area contributed by atoms with Gasteiger partial charge in [0, 0.05) is 15.6 Å². The van der Waals surface area contributed by atoms with Crippen molar-refractivity contribution in [3.8, 4) is 11.5 Å². The van der Waals surface area contributed by atoms with Crippen LogP contribution >= 0.6 is 15.9 Å². The summed E-state index contributed by atoms with van der Waals surface area (Å²) in [6.07, 6.45) is 3.03. The van der Waals surface area contributed by atoms with Crippen molar-refractivity contribution in [3.63, 3.8) is 0 Å². The number of ether oxygens (including phenoxy) is 2. The van der Waals surface area contributed by atoms with E-state index in [1.807, 2.05) is 12.1 Å². The van der Waals surface area contributed by atoms with Crippen LogP contribution in [0.3, 0.4) is 0 Å². The van der Waals surface area contributed by atoms with Crippen molar-refractivity contribution in [1.29, 1.82) is 0 Å². The van der Waals surface area contributed by atoms with Gasteiger partial charge in [-0.05, 0) is 54.6 Å². The zero-order valence-electron chi connectivity index (χ0n) is 12.1. The molecular formula is C17H13BrF2O3. The van der Waals surface area contributed by atoms with E-state index in [0.29, 0.717) is 11.3 Å². The molecule has 0 aliphatic rings. The van der Waals surface area contributed by atoms with Gasteiger partial charge in [0.05, 0.1) is 7.11 Å². The van der Waals surface area contributed by atoms with Crippen molar-refractivity contribution in [2.75, 3.05) is 7.11 Å². The van der Waals surface area contributed by atoms with Crippen molar-refractivity contribution < 1.29 is 23.0 Å². The summed E-state index contributed by atoms with van der Waals surface area (Å²) >= 11 is 3.36. The lowest BCUT2D eigenvalue weighted by atomic mass is 10.1. The van der Waals surface area contributed by atoms with E-state index >= 15 is 0 Å². The summed E-state index contributed by atoms with van der Waals surface area (Å²) in [6, 6.07) is 11.0. The van der Waals surface area contributed by atoms with Crippen molar-refractivity contribution >= 4 is 27.8 Å². The fourth-order valence-corrected chi connectivity index (χ4v) is 2.28. The number of carbonyl (C=O) groups excluding carboxylic acids is 1. The molecule has 0 heterocycles. The highest BCUT2D eigenvalue weighted by atomic mass is 79.9. The molecule has 0 amide bonds. The Morgan fingerprint density at radius 2 is 1.87 bits per heavy atom. The Labute approximate surface area is 140 Å². The highest BCUT2D eigenvalue weighted by Gasteiger charge is 2.07. The minimum Gasteiger partial charge on any atom is -0.496 e. The second-order valence-corrected chi connectivity index (χ2v) is 5.40. The molecule has 0 saturated heterocycles. The van der Waals surface area contributed by atoms with E-state index in [0.717, 1.165) is 10.0 Å². The molecule has 0 atom stereocenters. The average molecular weight is 383 g/mol. The zero-order valence-corrected chi connectivity index (χ0v) is 13.7. The smallest absolute Gasteiger partial charge is 0.387 e. The van der Waals surface area contributed by atoms with E-state index in [-0.39, 0.29) is 11.5 Å². The van der Waals surface area contributed by atoms with E-state index in [1.54, 1.807) is 19.3 Å². The molecule has 6 heteroatoms. The number of alkyl halides is 2. The monoisotopic (exact) mass is 382 g/mol. The lowest BCUT2D eigenvalue weighted by molar-refractivity contribution is -0.0498. The summed E-state index contributed by atoms with van der Waals surface area (Å²) in [4.78, 5) is 12.1. The number of methoxy groups -OCH3 is 1. The first-order valence-corrected chi connectivity index (χ1v) is 7.39. The van der Waals surface area contributed by atoms with E-state index in [4.69, 9.17) is 4.74 Å². The zero-order chi connectivity index (χ0) is 16.8. The van der Waals surface area contributed by atoms with Crippen LogP contribution in [0.1, 0.15) is 15.9 Å². The molecule has 0 saturated carbocycles. The topological polar surface area (TPSA) is 35.5 Å². The lowest BCUT2D eigenvalue weighted by Crippen LogP contribution is -2.02. The normalized spacial score (nSPS) is 11.0. The Bertz CT molecular complexity index is 712. The molecule has 2 rings (SSSR count). The maximum absolute atomic E-state index is 12.1. The van der Waals surface area contributed by atoms with Gasteiger partial charge in [-0.15, -0.1) is 0 Å². The Kier molecular flexibility index (Phi) is 5.87. The standard InChI is InChI=1S/C17H13BrF2O3/c1-22-16-9-5-13(18)10-12(16)4-8-15(21)11-2-6-14(7-3-11)23-17(19)20/h2-10,17H,1H3/b8-4+. The van der Waals surface area contributed by atoms with Gasteiger partial charge in [0.25, 0.3) is 0 Å². The van der Waals surface area contributed by atoms with E-state index in [9.17, 15) is 13.6 Å². The molecule has 23 heavy (non-hydrogen) atoms. The molecule has 0 spiro atoms. The first-order valence-electron chi connectivity index (χ1n) is 6.60. The maximum atomic E-state index is 12.1. The molecule has 2 aromatic rings. The van der Waals surface area contributed by atoms with Gasteiger partial charge in [-0.25, -0.2) is 0 Å². The predicted molar refractivity (Wildman–Crippen MR) is 87.1 cm³/mol. The molecule has 3 nitrogen and oxygen atoms in total. The Morgan fingerprint density at radius 3 is 2.48 bits per heavy atom. The van der Waals surface area contributed by atoms with Gasteiger partial charge < -0.3 is 9.47 Å². The molecule has 0 aliphatic heterocycles. The highest BCUT2D eigenvalue weighted by Crippen LogP contribution is 2.24. The van der Waals surface area contributed by atoms with Crippen LogP contribution in [0.4, 0.5) is 8.78 Å². The van der Waals surface area contributed by atoms with Crippen LogP contribution in [0.5, 0.6) is 11.5 Å². The van der Waals surface area contributed by atoms with E-state index in [2.05, 4.69) is 20.7 Å². The van der Waals surface area contributed by atoms with E-state index < -0.39 is 6.61 Å². The lowest BCUT2D eigenvalue weighted by Gasteiger charge is -2.05. The number of benzene rings is 2. The molecule has 0 aliphatic carbocycles. The van der Waals surface area contributed by atoms with Crippen LogP contribution in [0.15, 0.2) is 53.0 Å². The fourth-order valence-electron chi connectivity index (χ4n) is 1.90. The Balaban J connectivity index is 2.14. The molecule has 0 fully saturated rings. The molecular weight excluding hydrogens is 370 g/mol. The van der Waals surface area contributed by atoms with E-state index in [1.165, 1.54) is 30.3 Å². The second kappa shape index (κ2) is 7.87. The molecule has 120 valence electrons. The number of halogens is 3.